The minimum atomic E-state index is 0.583. The van der Waals surface area contributed by atoms with E-state index in [-0.39, 0.29) is 0 Å². The molecular formula is C19H32ClN5. The van der Waals surface area contributed by atoms with Gasteiger partial charge in [0.2, 0.25) is 0 Å². The Labute approximate surface area is 157 Å². The molecule has 6 heteroatoms. The van der Waals surface area contributed by atoms with Crippen LogP contribution < -0.4 is 5.32 Å². The lowest BCUT2D eigenvalue weighted by molar-refractivity contribution is 0.139. The number of hydrogen-bond donors (Lipinski definition) is 1. The molecule has 0 aromatic heterocycles. The van der Waals surface area contributed by atoms with Gasteiger partial charge in [-0.3, -0.25) is 4.99 Å². The topological polar surface area (TPSA) is 34.1 Å². The SMILES string of the molecule is CN=C(NCC(C)CN1CCN(C)CC1)N(C)Cc1cccc(Cl)c1. The molecule has 1 N–H and O–H groups in total. The summed E-state index contributed by atoms with van der Waals surface area (Å²) in [5, 5.41) is 4.28. The summed E-state index contributed by atoms with van der Waals surface area (Å²) in [6, 6.07) is 7.98. The van der Waals surface area contributed by atoms with E-state index >= 15 is 0 Å². The van der Waals surface area contributed by atoms with Crippen molar-refractivity contribution >= 4 is 17.6 Å². The molecule has 5 nitrogen and oxygen atoms in total. The molecule has 1 atom stereocenters. The van der Waals surface area contributed by atoms with Crippen molar-refractivity contribution in [3.8, 4) is 0 Å². The second kappa shape index (κ2) is 10.00. The molecule has 140 valence electrons. The number of guanidine groups is 1. The first-order chi connectivity index (χ1) is 12.0. The average molecular weight is 366 g/mol. The Kier molecular flexibility index (Phi) is 8.00. The molecule has 1 aromatic rings. The first kappa shape index (κ1) is 20.0. The lowest BCUT2D eigenvalue weighted by atomic mass is 10.1. The van der Waals surface area contributed by atoms with Crippen LogP contribution in [-0.4, -0.2) is 81.1 Å². The normalized spacial score (nSPS) is 18.2. The van der Waals surface area contributed by atoms with Crippen LogP contribution >= 0.6 is 11.6 Å². The highest BCUT2D eigenvalue weighted by Gasteiger charge is 2.16. The van der Waals surface area contributed by atoms with Crippen LogP contribution in [0.2, 0.25) is 5.02 Å². The third-order valence-corrected chi connectivity index (χ3v) is 4.89. The molecule has 1 unspecified atom stereocenters. The van der Waals surface area contributed by atoms with Gasteiger partial charge in [-0.05, 0) is 30.7 Å². The molecule has 1 fully saturated rings. The third kappa shape index (κ3) is 6.84. The van der Waals surface area contributed by atoms with Crippen LogP contribution in [0, 0.1) is 5.92 Å². The van der Waals surface area contributed by atoms with Crippen LogP contribution in [0.25, 0.3) is 0 Å². The fourth-order valence-corrected chi connectivity index (χ4v) is 3.38. The number of likely N-dealkylation sites (N-methyl/N-ethyl adjacent to an activating group) is 1. The monoisotopic (exact) mass is 365 g/mol. The van der Waals surface area contributed by atoms with Crippen LogP contribution in [0.15, 0.2) is 29.3 Å². The summed E-state index contributed by atoms with van der Waals surface area (Å²) in [6.45, 7) is 9.83. The Hall–Kier alpha value is -1.30. The standard InChI is InChI=1S/C19H32ClN5/c1-16(14-25-10-8-23(3)9-11-25)13-22-19(21-2)24(4)15-17-6-5-7-18(20)12-17/h5-7,12,16H,8-11,13-15H2,1-4H3,(H,21,22). The summed E-state index contributed by atoms with van der Waals surface area (Å²) in [5.74, 6) is 1.50. The van der Waals surface area contributed by atoms with Crippen LogP contribution in [0.4, 0.5) is 0 Å². The number of halogens is 1. The summed E-state index contributed by atoms with van der Waals surface area (Å²) in [6.07, 6.45) is 0. The van der Waals surface area contributed by atoms with Crippen LogP contribution in [0.3, 0.4) is 0 Å². The maximum absolute atomic E-state index is 6.07. The molecule has 0 spiro atoms. The largest absolute Gasteiger partial charge is 0.356 e. The summed E-state index contributed by atoms with van der Waals surface area (Å²) in [4.78, 5) is 11.5. The van der Waals surface area contributed by atoms with Crippen LogP contribution in [0.5, 0.6) is 0 Å². The van der Waals surface area contributed by atoms with Crippen molar-refractivity contribution in [1.82, 2.24) is 20.0 Å². The molecule has 0 saturated carbocycles. The quantitative estimate of drug-likeness (QED) is 0.619. The Morgan fingerprint density at radius 2 is 2.04 bits per heavy atom. The number of rotatable bonds is 6. The second-order valence-electron chi connectivity index (χ2n) is 7.12. The van der Waals surface area contributed by atoms with E-state index in [9.17, 15) is 0 Å². The van der Waals surface area contributed by atoms with E-state index in [0.717, 1.165) is 30.6 Å². The van der Waals surface area contributed by atoms with E-state index < -0.39 is 0 Å². The van der Waals surface area contributed by atoms with Gasteiger partial charge in [-0.1, -0.05) is 30.7 Å². The van der Waals surface area contributed by atoms with Crippen molar-refractivity contribution in [2.45, 2.75) is 13.5 Å². The third-order valence-electron chi connectivity index (χ3n) is 4.66. The lowest BCUT2D eigenvalue weighted by Crippen LogP contribution is -2.47. The summed E-state index contributed by atoms with van der Waals surface area (Å²) < 4.78 is 0. The minimum absolute atomic E-state index is 0.583. The zero-order valence-corrected chi connectivity index (χ0v) is 16.8. The van der Waals surface area contributed by atoms with Gasteiger partial charge in [0, 0.05) is 64.9 Å². The molecule has 25 heavy (non-hydrogen) atoms. The Morgan fingerprint density at radius 1 is 1.32 bits per heavy atom. The molecule has 2 rings (SSSR count). The van der Waals surface area contributed by atoms with Crippen molar-refractivity contribution in [3.05, 3.63) is 34.9 Å². The van der Waals surface area contributed by atoms with Gasteiger partial charge in [0.1, 0.15) is 0 Å². The van der Waals surface area contributed by atoms with Crippen LogP contribution in [0.1, 0.15) is 12.5 Å². The second-order valence-corrected chi connectivity index (χ2v) is 7.56. The number of hydrogen-bond acceptors (Lipinski definition) is 3. The first-order valence-corrected chi connectivity index (χ1v) is 9.43. The highest BCUT2D eigenvalue weighted by Crippen LogP contribution is 2.12. The number of nitrogens with zero attached hydrogens (tertiary/aromatic N) is 4. The van der Waals surface area contributed by atoms with E-state index in [1.165, 1.54) is 31.7 Å². The Morgan fingerprint density at radius 3 is 2.68 bits per heavy atom. The fraction of sp³-hybridized carbons (Fsp3) is 0.632. The molecule has 1 aromatic carbocycles. The van der Waals surface area contributed by atoms with Gasteiger partial charge in [-0.2, -0.15) is 0 Å². The van der Waals surface area contributed by atoms with Gasteiger partial charge >= 0.3 is 0 Å². The Bertz CT molecular complexity index is 555. The number of benzene rings is 1. The van der Waals surface area contributed by atoms with Gasteiger partial charge in [0.25, 0.3) is 0 Å². The number of nitrogens with one attached hydrogen (secondary N) is 1. The maximum Gasteiger partial charge on any atom is 0.193 e. The fourth-order valence-electron chi connectivity index (χ4n) is 3.17. The van der Waals surface area contributed by atoms with E-state index in [2.05, 4.69) is 52.1 Å². The van der Waals surface area contributed by atoms with E-state index in [0.29, 0.717) is 5.92 Å². The van der Waals surface area contributed by atoms with Gasteiger partial charge in [-0.25, -0.2) is 0 Å². The van der Waals surface area contributed by atoms with Crippen molar-refractivity contribution in [1.29, 1.82) is 0 Å². The van der Waals surface area contributed by atoms with Gasteiger partial charge in [0.15, 0.2) is 5.96 Å². The molecular weight excluding hydrogens is 334 g/mol. The van der Waals surface area contributed by atoms with Gasteiger partial charge < -0.3 is 20.0 Å². The van der Waals surface area contributed by atoms with Crippen molar-refractivity contribution in [2.75, 3.05) is 60.4 Å². The smallest absolute Gasteiger partial charge is 0.193 e. The van der Waals surface area contributed by atoms with Crippen LogP contribution in [-0.2, 0) is 6.54 Å². The zero-order chi connectivity index (χ0) is 18.2. The number of aliphatic imine (C=N–C) groups is 1. The van der Waals surface area contributed by atoms with Crippen molar-refractivity contribution in [3.63, 3.8) is 0 Å². The Balaban J connectivity index is 1.77. The molecule has 0 bridgehead atoms. The molecule has 1 aliphatic rings. The summed E-state index contributed by atoms with van der Waals surface area (Å²) in [7, 11) is 6.09. The maximum atomic E-state index is 6.07. The highest BCUT2D eigenvalue weighted by molar-refractivity contribution is 6.30. The van der Waals surface area contributed by atoms with Crippen molar-refractivity contribution in [2.24, 2.45) is 10.9 Å². The molecule has 0 aliphatic carbocycles. The molecule has 1 aliphatic heterocycles. The van der Waals surface area contributed by atoms with E-state index in [1.807, 2.05) is 25.2 Å². The van der Waals surface area contributed by atoms with Crippen molar-refractivity contribution < 1.29 is 0 Å². The molecule has 0 amide bonds. The molecule has 1 saturated heterocycles. The minimum Gasteiger partial charge on any atom is -0.356 e. The summed E-state index contributed by atoms with van der Waals surface area (Å²) in [5.41, 5.74) is 1.18. The summed E-state index contributed by atoms with van der Waals surface area (Å²) >= 11 is 6.07. The molecule has 0 radical (unpaired) electrons. The predicted octanol–water partition coefficient (Wildman–Crippen LogP) is 2.23. The van der Waals surface area contributed by atoms with Gasteiger partial charge in [0.05, 0.1) is 0 Å². The molecule has 1 heterocycles. The average Bonchev–Trinajstić information content (AvgIpc) is 2.57. The zero-order valence-electron chi connectivity index (χ0n) is 16.0. The highest BCUT2D eigenvalue weighted by atomic mass is 35.5. The lowest BCUT2D eigenvalue weighted by Gasteiger charge is -2.34. The van der Waals surface area contributed by atoms with E-state index in [4.69, 9.17) is 11.6 Å². The first-order valence-electron chi connectivity index (χ1n) is 9.05. The van der Waals surface area contributed by atoms with Gasteiger partial charge in [-0.15, -0.1) is 0 Å². The van der Waals surface area contributed by atoms with E-state index in [1.54, 1.807) is 0 Å². The predicted molar refractivity (Wildman–Crippen MR) is 107 cm³/mol. The number of piperazine rings is 1.